The lowest BCUT2D eigenvalue weighted by Crippen LogP contribution is -2.27. The molecule has 4 nitrogen and oxygen atoms in total. The van der Waals surface area contributed by atoms with Gasteiger partial charge >= 0.3 is 0 Å². The molecule has 0 heterocycles. The maximum absolute atomic E-state index is 11.8. The predicted octanol–water partition coefficient (Wildman–Crippen LogP) is 1.04. The first-order valence-corrected chi connectivity index (χ1v) is 4.82. The van der Waals surface area contributed by atoms with E-state index in [9.17, 15) is 9.59 Å². The van der Waals surface area contributed by atoms with E-state index in [2.05, 4.69) is 6.58 Å². The molecule has 0 atom stereocenters. The highest BCUT2D eigenvalue weighted by molar-refractivity contribution is 5.99. The summed E-state index contributed by atoms with van der Waals surface area (Å²) in [4.78, 5) is 24.3. The smallest absolute Gasteiger partial charge is 0.253 e. The van der Waals surface area contributed by atoms with Gasteiger partial charge < -0.3 is 10.6 Å². The monoisotopic (exact) mass is 218 g/mol. The highest BCUT2D eigenvalue weighted by Crippen LogP contribution is 2.07. The maximum Gasteiger partial charge on any atom is 0.253 e. The van der Waals surface area contributed by atoms with Crippen LogP contribution in [0.1, 0.15) is 20.7 Å². The number of carbonyl (C=O) groups excluding carboxylic acids is 2. The number of hydrogen-bond donors (Lipinski definition) is 1. The van der Waals surface area contributed by atoms with E-state index in [0.29, 0.717) is 17.7 Å². The molecule has 0 unspecified atom stereocenters. The van der Waals surface area contributed by atoms with Crippen LogP contribution in [0.25, 0.3) is 0 Å². The Morgan fingerprint density at radius 2 is 2.06 bits per heavy atom. The van der Waals surface area contributed by atoms with Crippen molar-refractivity contribution >= 4 is 11.8 Å². The van der Waals surface area contributed by atoms with Gasteiger partial charge in [0.25, 0.3) is 5.91 Å². The van der Waals surface area contributed by atoms with Crippen molar-refractivity contribution in [2.75, 3.05) is 13.6 Å². The lowest BCUT2D eigenvalue weighted by molar-refractivity contribution is 0.0810. The Hall–Kier alpha value is -2.10. The van der Waals surface area contributed by atoms with Gasteiger partial charge in [-0.2, -0.15) is 0 Å². The minimum atomic E-state index is -0.541. The van der Waals surface area contributed by atoms with Crippen LogP contribution in [0, 0.1) is 0 Å². The molecule has 0 aliphatic heterocycles. The van der Waals surface area contributed by atoms with Gasteiger partial charge in [-0.05, 0) is 18.2 Å². The Morgan fingerprint density at radius 1 is 1.44 bits per heavy atom. The van der Waals surface area contributed by atoms with Crippen molar-refractivity contribution < 1.29 is 9.59 Å². The average Bonchev–Trinajstić information content (AvgIpc) is 2.28. The molecule has 84 valence electrons. The summed E-state index contributed by atoms with van der Waals surface area (Å²) in [6.07, 6.45) is 1.63. The van der Waals surface area contributed by atoms with Crippen LogP contribution in [0.5, 0.6) is 0 Å². The van der Waals surface area contributed by atoms with E-state index in [1.165, 1.54) is 11.0 Å². The van der Waals surface area contributed by atoms with Crippen LogP contribution in [-0.4, -0.2) is 30.3 Å². The van der Waals surface area contributed by atoms with Gasteiger partial charge in [-0.3, -0.25) is 9.59 Å². The Labute approximate surface area is 94.4 Å². The molecule has 0 aliphatic rings. The van der Waals surface area contributed by atoms with Crippen LogP contribution in [-0.2, 0) is 0 Å². The molecule has 1 aromatic carbocycles. The standard InChI is InChI=1S/C12H14N2O2/c1-3-7-14(2)12(16)10-6-4-5-9(8-10)11(13)15/h3-6,8H,1,7H2,2H3,(H2,13,15). The lowest BCUT2D eigenvalue weighted by atomic mass is 10.1. The molecule has 0 aromatic heterocycles. The zero-order valence-electron chi connectivity index (χ0n) is 9.14. The van der Waals surface area contributed by atoms with Gasteiger partial charge in [-0.1, -0.05) is 12.1 Å². The molecule has 0 saturated carbocycles. The van der Waals surface area contributed by atoms with Gasteiger partial charge in [0.15, 0.2) is 0 Å². The van der Waals surface area contributed by atoms with Crippen LogP contribution in [0.4, 0.5) is 0 Å². The molecule has 4 heteroatoms. The summed E-state index contributed by atoms with van der Waals surface area (Å²) in [6.45, 7) is 4.01. The number of rotatable bonds is 4. The minimum Gasteiger partial charge on any atom is -0.366 e. The highest BCUT2D eigenvalue weighted by Gasteiger charge is 2.11. The van der Waals surface area contributed by atoms with E-state index < -0.39 is 5.91 Å². The maximum atomic E-state index is 11.8. The van der Waals surface area contributed by atoms with Crippen LogP contribution in [0.15, 0.2) is 36.9 Å². The van der Waals surface area contributed by atoms with Crippen molar-refractivity contribution in [3.63, 3.8) is 0 Å². The number of amides is 2. The van der Waals surface area contributed by atoms with Crippen LogP contribution >= 0.6 is 0 Å². The van der Waals surface area contributed by atoms with Gasteiger partial charge in [0, 0.05) is 24.7 Å². The summed E-state index contributed by atoms with van der Waals surface area (Å²) in [5, 5.41) is 0. The van der Waals surface area contributed by atoms with Gasteiger partial charge in [0.2, 0.25) is 5.91 Å². The number of benzene rings is 1. The van der Waals surface area contributed by atoms with Crippen molar-refractivity contribution in [3.8, 4) is 0 Å². The predicted molar refractivity (Wildman–Crippen MR) is 62.1 cm³/mol. The summed E-state index contributed by atoms with van der Waals surface area (Å²) in [7, 11) is 1.67. The SMILES string of the molecule is C=CCN(C)C(=O)c1cccc(C(N)=O)c1. The van der Waals surface area contributed by atoms with Gasteiger partial charge in [-0.25, -0.2) is 0 Å². The van der Waals surface area contributed by atoms with E-state index in [0.717, 1.165) is 0 Å². The summed E-state index contributed by atoms with van der Waals surface area (Å²) >= 11 is 0. The largest absolute Gasteiger partial charge is 0.366 e. The van der Waals surface area contributed by atoms with E-state index in [1.54, 1.807) is 31.3 Å². The number of nitrogens with zero attached hydrogens (tertiary/aromatic N) is 1. The fraction of sp³-hybridized carbons (Fsp3) is 0.167. The fourth-order valence-corrected chi connectivity index (χ4v) is 1.30. The van der Waals surface area contributed by atoms with E-state index in [4.69, 9.17) is 5.73 Å². The van der Waals surface area contributed by atoms with Crippen molar-refractivity contribution in [2.24, 2.45) is 5.73 Å². The topological polar surface area (TPSA) is 63.4 Å². The Balaban J connectivity index is 2.95. The second-order valence-corrected chi connectivity index (χ2v) is 3.42. The summed E-state index contributed by atoms with van der Waals surface area (Å²) < 4.78 is 0. The molecule has 0 bridgehead atoms. The normalized spacial score (nSPS) is 9.56. The van der Waals surface area contributed by atoms with Crippen LogP contribution in [0.2, 0.25) is 0 Å². The molecule has 1 aromatic rings. The summed E-state index contributed by atoms with van der Waals surface area (Å²) in [5.41, 5.74) is 5.91. The van der Waals surface area contributed by atoms with E-state index in [-0.39, 0.29) is 5.91 Å². The average molecular weight is 218 g/mol. The number of hydrogen-bond acceptors (Lipinski definition) is 2. The molecular formula is C12H14N2O2. The quantitative estimate of drug-likeness (QED) is 0.767. The first-order valence-electron chi connectivity index (χ1n) is 4.82. The van der Waals surface area contributed by atoms with Crippen molar-refractivity contribution in [1.82, 2.24) is 4.90 Å². The van der Waals surface area contributed by atoms with Crippen molar-refractivity contribution in [3.05, 3.63) is 48.0 Å². The summed E-state index contributed by atoms with van der Waals surface area (Å²) in [6, 6.07) is 6.35. The molecule has 0 spiro atoms. The molecule has 0 aliphatic carbocycles. The minimum absolute atomic E-state index is 0.164. The second-order valence-electron chi connectivity index (χ2n) is 3.42. The summed E-state index contributed by atoms with van der Waals surface area (Å²) in [5.74, 6) is -0.705. The number of nitrogens with two attached hydrogens (primary N) is 1. The van der Waals surface area contributed by atoms with Crippen molar-refractivity contribution in [2.45, 2.75) is 0 Å². The van der Waals surface area contributed by atoms with Crippen molar-refractivity contribution in [1.29, 1.82) is 0 Å². The van der Waals surface area contributed by atoms with Crippen LogP contribution < -0.4 is 5.73 Å². The molecule has 2 N–H and O–H groups in total. The molecule has 1 rings (SSSR count). The third-order valence-electron chi connectivity index (χ3n) is 2.14. The zero-order chi connectivity index (χ0) is 12.1. The number of primary amides is 1. The Bertz CT molecular complexity index is 427. The fourth-order valence-electron chi connectivity index (χ4n) is 1.30. The van der Waals surface area contributed by atoms with Crippen LogP contribution in [0.3, 0.4) is 0 Å². The third kappa shape index (κ3) is 2.70. The number of likely N-dealkylation sites (N-methyl/N-ethyl adjacent to an activating group) is 1. The third-order valence-corrected chi connectivity index (χ3v) is 2.14. The molecule has 0 saturated heterocycles. The first kappa shape index (κ1) is 12.0. The molecule has 0 radical (unpaired) electrons. The van der Waals surface area contributed by atoms with Gasteiger partial charge in [-0.15, -0.1) is 6.58 Å². The second kappa shape index (κ2) is 5.11. The van der Waals surface area contributed by atoms with E-state index >= 15 is 0 Å². The van der Waals surface area contributed by atoms with E-state index in [1.807, 2.05) is 0 Å². The zero-order valence-corrected chi connectivity index (χ0v) is 9.14. The molecular weight excluding hydrogens is 204 g/mol. The Morgan fingerprint density at radius 3 is 2.62 bits per heavy atom. The molecule has 16 heavy (non-hydrogen) atoms. The number of carbonyl (C=O) groups is 2. The molecule has 0 fully saturated rings. The highest BCUT2D eigenvalue weighted by atomic mass is 16.2. The van der Waals surface area contributed by atoms with Gasteiger partial charge in [0.05, 0.1) is 0 Å². The van der Waals surface area contributed by atoms with Gasteiger partial charge in [0.1, 0.15) is 0 Å². The molecule has 2 amide bonds. The lowest BCUT2D eigenvalue weighted by Gasteiger charge is -2.14. The Kier molecular flexibility index (Phi) is 3.83. The first-order chi connectivity index (χ1) is 7.56.